The lowest BCUT2D eigenvalue weighted by Crippen LogP contribution is -2.14. The van der Waals surface area contributed by atoms with Crippen molar-refractivity contribution >= 4 is 0 Å². The highest BCUT2D eigenvalue weighted by molar-refractivity contribution is 5.15. The average Bonchev–Trinajstić information content (AvgIpc) is 2.99. The van der Waals surface area contributed by atoms with E-state index >= 15 is 0 Å². The molecule has 0 heteroatoms. The van der Waals surface area contributed by atoms with E-state index in [-0.39, 0.29) is 0 Å². The molecule has 2 rings (SSSR count). The molecule has 0 bridgehead atoms. The van der Waals surface area contributed by atoms with Crippen molar-refractivity contribution in [1.82, 2.24) is 0 Å². The van der Waals surface area contributed by atoms with Crippen LogP contribution in [0.5, 0.6) is 0 Å². The summed E-state index contributed by atoms with van der Waals surface area (Å²) < 4.78 is 0. The van der Waals surface area contributed by atoms with Crippen LogP contribution in [0.25, 0.3) is 0 Å². The van der Waals surface area contributed by atoms with E-state index in [1.165, 1.54) is 24.8 Å². The standard InChI is InChI=1S/C14H20/c1-11(2)14(13-8-9-13)10-12-6-4-3-5-7-12/h3-7,11,13-14H,8-10H2,1-2H3. The lowest BCUT2D eigenvalue weighted by molar-refractivity contribution is 0.338. The highest BCUT2D eigenvalue weighted by Crippen LogP contribution is 2.42. The quantitative estimate of drug-likeness (QED) is 0.672. The predicted octanol–water partition coefficient (Wildman–Crippen LogP) is 3.91. The first kappa shape index (κ1) is 9.76. The third kappa shape index (κ3) is 2.37. The molecule has 14 heavy (non-hydrogen) atoms. The lowest BCUT2D eigenvalue weighted by Gasteiger charge is -2.20. The van der Waals surface area contributed by atoms with Gasteiger partial charge in [-0.3, -0.25) is 0 Å². The third-order valence-electron chi connectivity index (χ3n) is 3.40. The van der Waals surface area contributed by atoms with Crippen LogP contribution in [-0.2, 0) is 6.42 Å². The van der Waals surface area contributed by atoms with E-state index in [0.717, 1.165) is 17.8 Å². The van der Waals surface area contributed by atoms with E-state index in [2.05, 4.69) is 44.2 Å². The summed E-state index contributed by atoms with van der Waals surface area (Å²) in [4.78, 5) is 0. The molecule has 0 N–H and O–H groups in total. The Hall–Kier alpha value is -0.780. The SMILES string of the molecule is CC(C)C(Cc1ccccc1)C1CC1. The molecule has 1 saturated carbocycles. The van der Waals surface area contributed by atoms with Gasteiger partial charge in [0.05, 0.1) is 0 Å². The molecule has 0 aromatic heterocycles. The summed E-state index contributed by atoms with van der Waals surface area (Å²) in [6, 6.07) is 10.9. The second kappa shape index (κ2) is 4.16. The number of hydrogen-bond acceptors (Lipinski definition) is 0. The molecule has 1 aliphatic carbocycles. The molecule has 1 aromatic carbocycles. The van der Waals surface area contributed by atoms with Crippen LogP contribution in [0.15, 0.2) is 30.3 Å². The minimum Gasteiger partial charge on any atom is -0.0625 e. The predicted molar refractivity (Wildman–Crippen MR) is 61.2 cm³/mol. The molecule has 1 fully saturated rings. The van der Waals surface area contributed by atoms with Crippen LogP contribution in [0.1, 0.15) is 32.3 Å². The van der Waals surface area contributed by atoms with E-state index in [4.69, 9.17) is 0 Å². The summed E-state index contributed by atoms with van der Waals surface area (Å²) in [6.07, 6.45) is 4.22. The van der Waals surface area contributed by atoms with Gasteiger partial charge in [0, 0.05) is 0 Å². The Balaban J connectivity index is 2.00. The summed E-state index contributed by atoms with van der Waals surface area (Å²) >= 11 is 0. The van der Waals surface area contributed by atoms with Gasteiger partial charge in [0.25, 0.3) is 0 Å². The number of benzene rings is 1. The Labute approximate surface area is 87.3 Å². The molecule has 0 radical (unpaired) electrons. The first-order valence-corrected chi connectivity index (χ1v) is 5.81. The second-order valence-corrected chi connectivity index (χ2v) is 4.94. The zero-order chi connectivity index (χ0) is 9.97. The highest BCUT2D eigenvalue weighted by Gasteiger charge is 2.32. The summed E-state index contributed by atoms with van der Waals surface area (Å²) in [7, 11) is 0. The molecule has 1 unspecified atom stereocenters. The number of rotatable bonds is 4. The molecule has 76 valence electrons. The van der Waals surface area contributed by atoms with Crippen LogP contribution < -0.4 is 0 Å². The van der Waals surface area contributed by atoms with E-state index in [1.807, 2.05) is 0 Å². The minimum absolute atomic E-state index is 0.836. The number of hydrogen-bond donors (Lipinski definition) is 0. The van der Waals surface area contributed by atoms with Gasteiger partial charge in [0.2, 0.25) is 0 Å². The van der Waals surface area contributed by atoms with Gasteiger partial charge in [0.1, 0.15) is 0 Å². The van der Waals surface area contributed by atoms with E-state index in [9.17, 15) is 0 Å². The maximum absolute atomic E-state index is 2.37. The second-order valence-electron chi connectivity index (χ2n) is 4.94. The van der Waals surface area contributed by atoms with Crippen molar-refractivity contribution in [2.45, 2.75) is 33.1 Å². The van der Waals surface area contributed by atoms with Crippen molar-refractivity contribution in [3.05, 3.63) is 35.9 Å². The summed E-state index contributed by atoms with van der Waals surface area (Å²) in [5.41, 5.74) is 1.51. The Morgan fingerprint density at radius 2 is 1.79 bits per heavy atom. The van der Waals surface area contributed by atoms with Gasteiger partial charge in [-0.2, -0.15) is 0 Å². The molecule has 0 spiro atoms. The smallest absolute Gasteiger partial charge is 0.0245 e. The van der Waals surface area contributed by atoms with Crippen LogP contribution in [-0.4, -0.2) is 0 Å². The van der Waals surface area contributed by atoms with Crippen molar-refractivity contribution in [3.63, 3.8) is 0 Å². The van der Waals surface area contributed by atoms with Gasteiger partial charge in [-0.15, -0.1) is 0 Å². The van der Waals surface area contributed by atoms with Crippen molar-refractivity contribution in [2.75, 3.05) is 0 Å². The van der Waals surface area contributed by atoms with Crippen LogP contribution >= 0.6 is 0 Å². The fourth-order valence-electron chi connectivity index (χ4n) is 2.36. The van der Waals surface area contributed by atoms with Crippen LogP contribution in [0.2, 0.25) is 0 Å². The van der Waals surface area contributed by atoms with Crippen molar-refractivity contribution in [1.29, 1.82) is 0 Å². The highest BCUT2D eigenvalue weighted by atomic mass is 14.4. The van der Waals surface area contributed by atoms with E-state index in [1.54, 1.807) is 0 Å². The Bertz CT molecular complexity index is 267. The molecule has 1 aromatic rings. The molecular formula is C14H20. The zero-order valence-electron chi connectivity index (χ0n) is 9.24. The van der Waals surface area contributed by atoms with Crippen molar-refractivity contribution < 1.29 is 0 Å². The van der Waals surface area contributed by atoms with Gasteiger partial charge >= 0.3 is 0 Å². The maximum Gasteiger partial charge on any atom is -0.0245 e. The molecule has 1 atom stereocenters. The van der Waals surface area contributed by atoms with Crippen molar-refractivity contribution in [3.8, 4) is 0 Å². The van der Waals surface area contributed by atoms with E-state index < -0.39 is 0 Å². The normalized spacial score (nSPS) is 18.5. The van der Waals surface area contributed by atoms with Gasteiger partial charge in [-0.05, 0) is 42.6 Å². The Kier molecular flexibility index (Phi) is 2.90. The van der Waals surface area contributed by atoms with Crippen molar-refractivity contribution in [2.24, 2.45) is 17.8 Å². The molecule has 1 aliphatic rings. The Morgan fingerprint density at radius 3 is 2.29 bits per heavy atom. The first-order chi connectivity index (χ1) is 6.77. The fraction of sp³-hybridized carbons (Fsp3) is 0.571. The van der Waals surface area contributed by atoms with Gasteiger partial charge in [0.15, 0.2) is 0 Å². The first-order valence-electron chi connectivity index (χ1n) is 5.81. The zero-order valence-corrected chi connectivity index (χ0v) is 9.24. The summed E-state index contributed by atoms with van der Waals surface area (Å²) in [6.45, 7) is 4.73. The minimum atomic E-state index is 0.836. The third-order valence-corrected chi connectivity index (χ3v) is 3.40. The molecule has 0 saturated heterocycles. The van der Waals surface area contributed by atoms with Crippen LogP contribution in [0, 0.1) is 17.8 Å². The summed E-state index contributed by atoms with van der Waals surface area (Å²) in [5.74, 6) is 2.77. The molecule has 0 amide bonds. The van der Waals surface area contributed by atoms with Gasteiger partial charge in [-0.25, -0.2) is 0 Å². The summed E-state index contributed by atoms with van der Waals surface area (Å²) in [5, 5.41) is 0. The monoisotopic (exact) mass is 188 g/mol. The van der Waals surface area contributed by atoms with Crippen LogP contribution in [0.4, 0.5) is 0 Å². The molecular weight excluding hydrogens is 168 g/mol. The van der Waals surface area contributed by atoms with Gasteiger partial charge in [-0.1, -0.05) is 44.2 Å². The van der Waals surface area contributed by atoms with Gasteiger partial charge < -0.3 is 0 Å². The molecule has 0 aliphatic heterocycles. The largest absolute Gasteiger partial charge is 0.0625 e. The topological polar surface area (TPSA) is 0 Å². The molecule has 0 nitrogen and oxygen atoms in total. The molecule has 0 heterocycles. The Morgan fingerprint density at radius 1 is 1.14 bits per heavy atom. The van der Waals surface area contributed by atoms with Crippen LogP contribution in [0.3, 0.4) is 0 Å². The lowest BCUT2D eigenvalue weighted by atomic mass is 9.85. The van der Waals surface area contributed by atoms with E-state index in [0.29, 0.717) is 0 Å². The maximum atomic E-state index is 2.37. The fourth-order valence-corrected chi connectivity index (χ4v) is 2.36. The average molecular weight is 188 g/mol.